The Labute approximate surface area is 155 Å². The molecule has 0 aromatic heterocycles. The molecule has 5 heteroatoms. The molecule has 3 rings (SSSR count). The number of amides is 2. The molecule has 1 saturated heterocycles. The number of urea groups is 1. The summed E-state index contributed by atoms with van der Waals surface area (Å²) in [5.74, 6) is 0.683. The number of nitrogens with one attached hydrogen (secondary N) is 1. The number of hydrogen-bond acceptors (Lipinski definition) is 3. The average Bonchev–Trinajstić information content (AvgIpc) is 2.64. The summed E-state index contributed by atoms with van der Waals surface area (Å²) in [6.07, 6.45) is 0. The first kappa shape index (κ1) is 18.3. The van der Waals surface area contributed by atoms with Gasteiger partial charge in [0, 0.05) is 32.7 Å². The van der Waals surface area contributed by atoms with Gasteiger partial charge >= 0.3 is 6.03 Å². The minimum atomic E-state index is -0.0653. The number of nitrogens with zero attached hydrogens (tertiary/aromatic N) is 2. The second kappa shape index (κ2) is 8.23. The van der Waals surface area contributed by atoms with E-state index < -0.39 is 0 Å². The molecule has 138 valence electrons. The van der Waals surface area contributed by atoms with E-state index >= 15 is 0 Å². The second-order valence-electron chi connectivity index (χ2n) is 6.82. The number of anilines is 1. The van der Waals surface area contributed by atoms with Crippen molar-refractivity contribution in [3.8, 4) is 5.75 Å². The molecule has 26 heavy (non-hydrogen) atoms. The standard InChI is InChI=1S/C21H27N3O2/c1-16-8-9-20(26-3)19(14-16)22-21(25)24-12-10-23(11-13-24)15-18-7-5-4-6-17(18)2/h4-9,14H,10-13,15H2,1-3H3,(H,22,25). The van der Waals surface area contributed by atoms with Crippen LogP contribution in [0.15, 0.2) is 42.5 Å². The largest absolute Gasteiger partial charge is 0.495 e. The van der Waals surface area contributed by atoms with E-state index in [-0.39, 0.29) is 6.03 Å². The van der Waals surface area contributed by atoms with E-state index in [9.17, 15) is 4.79 Å². The Morgan fingerprint density at radius 2 is 1.81 bits per heavy atom. The number of aryl methyl sites for hydroxylation is 2. The average molecular weight is 353 g/mol. The summed E-state index contributed by atoms with van der Waals surface area (Å²) in [6, 6.07) is 14.2. The zero-order valence-corrected chi connectivity index (χ0v) is 15.8. The van der Waals surface area contributed by atoms with Crippen molar-refractivity contribution in [1.29, 1.82) is 0 Å². The number of hydrogen-bond donors (Lipinski definition) is 1. The van der Waals surface area contributed by atoms with Crippen molar-refractivity contribution in [3.05, 3.63) is 59.2 Å². The van der Waals surface area contributed by atoms with Crippen molar-refractivity contribution in [1.82, 2.24) is 9.80 Å². The van der Waals surface area contributed by atoms with Gasteiger partial charge in [-0.2, -0.15) is 0 Å². The molecule has 1 aliphatic rings. The maximum atomic E-state index is 12.6. The molecule has 0 unspecified atom stereocenters. The van der Waals surface area contributed by atoms with Crippen molar-refractivity contribution in [2.24, 2.45) is 0 Å². The van der Waals surface area contributed by atoms with Crippen molar-refractivity contribution in [3.63, 3.8) is 0 Å². The molecule has 2 amide bonds. The van der Waals surface area contributed by atoms with E-state index in [0.717, 1.165) is 44.0 Å². The van der Waals surface area contributed by atoms with Crippen LogP contribution in [0, 0.1) is 13.8 Å². The molecule has 1 fully saturated rings. The fraction of sp³-hybridized carbons (Fsp3) is 0.381. The molecule has 0 radical (unpaired) electrons. The van der Waals surface area contributed by atoms with Crippen molar-refractivity contribution < 1.29 is 9.53 Å². The second-order valence-corrected chi connectivity index (χ2v) is 6.82. The van der Waals surface area contributed by atoms with Crippen molar-refractivity contribution in [2.75, 3.05) is 38.6 Å². The first-order chi connectivity index (χ1) is 12.6. The van der Waals surface area contributed by atoms with Crippen LogP contribution in [-0.4, -0.2) is 49.1 Å². The number of benzene rings is 2. The predicted octanol–water partition coefficient (Wildman–Crippen LogP) is 3.66. The van der Waals surface area contributed by atoms with Gasteiger partial charge in [0.25, 0.3) is 0 Å². The number of methoxy groups -OCH3 is 1. The number of carbonyl (C=O) groups excluding carboxylic acids is 1. The van der Waals surface area contributed by atoms with E-state index in [1.54, 1.807) is 7.11 Å². The Morgan fingerprint density at radius 3 is 2.50 bits per heavy atom. The maximum Gasteiger partial charge on any atom is 0.322 e. The van der Waals surface area contributed by atoms with Crippen LogP contribution in [0.25, 0.3) is 0 Å². The van der Waals surface area contributed by atoms with Gasteiger partial charge in [0.2, 0.25) is 0 Å². The van der Waals surface area contributed by atoms with Crippen LogP contribution in [0.5, 0.6) is 5.75 Å². The number of rotatable bonds is 4. The first-order valence-electron chi connectivity index (χ1n) is 9.04. The quantitative estimate of drug-likeness (QED) is 0.912. The third kappa shape index (κ3) is 4.35. The minimum Gasteiger partial charge on any atom is -0.495 e. The van der Waals surface area contributed by atoms with Gasteiger partial charge in [-0.1, -0.05) is 30.3 Å². The molecule has 1 N–H and O–H groups in total. The van der Waals surface area contributed by atoms with Crippen LogP contribution < -0.4 is 10.1 Å². The molecule has 2 aromatic carbocycles. The summed E-state index contributed by atoms with van der Waals surface area (Å²) in [5, 5.41) is 2.99. The van der Waals surface area contributed by atoms with Crippen LogP contribution in [-0.2, 0) is 6.54 Å². The lowest BCUT2D eigenvalue weighted by molar-refractivity contribution is 0.143. The lowest BCUT2D eigenvalue weighted by Gasteiger charge is -2.35. The summed E-state index contributed by atoms with van der Waals surface area (Å²) in [7, 11) is 1.62. The van der Waals surface area contributed by atoms with Gasteiger partial charge in [0.05, 0.1) is 12.8 Å². The highest BCUT2D eigenvalue weighted by Crippen LogP contribution is 2.25. The molecule has 0 spiro atoms. The fourth-order valence-electron chi connectivity index (χ4n) is 3.25. The Kier molecular flexibility index (Phi) is 5.78. The van der Waals surface area contributed by atoms with Gasteiger partial charge in [0.1, 0.15) is 5.75 Å². The molecule has 0 saturated carbocycles. The molecule has 1 aliphatic heterocycles. The highest BCUT2D eigenvalue weighted by molar-refractivity contribution is 5.91. The normalized spacial score (nSPS) is 15.0. The first-order valence-corrected chi connectivity index (χ1v) is 9.04. The minimum absolute atomic E-state index is 0.0653. The summed E-state index contributed by atoms with van der Waals surface area (Å²) >= 11 is 0. The molecule has 5 nitrogen and oxygen atoms in total. The highest BCUT2D eigenvalue weighted by atomic mass is 16.5. The van der Waals surface area contributed by atoms with E-state index in [2.05, 4.69) is 41.4 Å². The fourth-order valence-corrected chi connectivity index (χ4v) is 3.25. The molecule has 0 aliphatic carbocycles. The van der Waals surface area contributed by atoms with Crippen molar-refractivity contribution >= 4 is 11.7 Å². The van der Waals surface area contributed by atoms with Gasteiger partial charge in [-0.15, -0.1) is 0 Å². The van der Waals surface area contributed by atoms with Gasteiger partial charge < -0.3 is 15.0 Å². The number of piperazine rings is 1. The number of carbonyl (C=O) groups is 1. The predicted molar refractivity (Wildman–Crippen MR) is 105 cm³/mol. The van der Waals surface area contributed by atoms with E-state index in [4.69, 9.17) is 4.74 Å². The molecule has 2 aromatic rings. The monoisotopic (exact) mass is 353 g/mol. The maximum absolute atomic E-state index is 12.6. The summed E-state index contributed by atoms with van der Waals surface area (Å²) in [4.78, 5) is 16.9. The third-order valence-electron chi connectivity index (χ3n) is 4.91. The topological polar surface area (TPSA) is 44.8 Å². The highest BCUT2D eigenvalue weighted by Gasteiger charge is 2.22. The van der Waals surface area contributed by atoms with Gasteiger partial charge in [-0.3, -0.25) is 4.90 Å². The molecule has 0 bridgehead atoms. The summed E-state index contributed by atoms with van der Waals surface area (Å²) < 4.78 is 5.34. The molecular weight excluding hydrogens is 326 g/mol. The van der Waals surface area contributed by atoms with Crippen LogP contribution in [0.1, 0.15) is 16.7 Å². The lowest BCUT2D eigenvalue weighted by atomic mass is 10.1. The Balaban J connectivity index is 1.55. The van der Waals surface area contributed by atoms with Gasteiger partial charge in [-0.05, 0) is 42.7 Å². The zero-order chi connectivity index (χ0) is 18.5. The number of ether oxygens (including phenoxy) is 1. The Hall–Kier alpha value is -2.53. The molecule has 1 heterocycles. The van der Waals surface area contributed by atoms with Crippen LogP contribution in [0.4, 0.5) is 10.5 Å². The summed E-state index contributed by atoms with van der Waals surface area (Å²) in [5.41, 5.74) is 4.48. The zero-order valence-electron chi connectivity index (χ0n) is 15.8. The van der Waals surface area contributed by atoms with Crippen LogP contribution in [0.2, 0.25) is 0 Å². The SMILES string of the molecule is COc1ccc(C)cc1NC(=O)N1CCN(Cc2ccccc2C)CC1. The van der Waals surface area contributed by atoms with E-state index in [1.807, 2.05) is 30.0 Å². The van der Waals surface area contributed by atoms with Gasteiger partial charge in [-0.25, -0.2) is 4.79 Å². The van der Waals surface area contributed by atoms with E-state index in [1.165, 1.54) is 11.1 Å². The summed E-state index contributed by atoms with van der Waals surface area (Å²) in [6.45, 7) is 8.30. The Morgan fingerprint density at radius 1 is 1.08 bits per heavy atom. The van der Waals surface area contributed by atoms with Crippen LogP contribution >= 0.6 is 0 Å². The molecular formula is C21H27N3O2. The Bertz CT molecular complexity index is 768. The van der Waals surface area contributed by atoms with Crippen molar-refractivity contribution in [2.45, 2.75) is 20.4 Å². The lowest BCUT2D eigenvalue weighted by Crippen LogP contribution is -2.49. The smallest absolute Gasteiger partial charge is 0.322 e. The molecule has 0 atom stereocenters. The van der Waals surface area contributed by atoms with E-state index in [0.29, 0.717) is 5.75 Å². The van der Waals surface area contributed by atoms with Gasteiger partial charge in [0.15, 0.2) is 0 Å². The third-order valence-corrected chi connectivity index (χ3v) is 4.91. The van der Waals surface area contributed by atoms with Crippen LogP contribution in [0.3, 0.4) is 0 Å².